The summed E-state index contributed by atoms with van der Waals surface area (Å²) in [6.45, 7) is 0.449. The molecule has 1 heterocycles. The van der Waals surface area contributed by atoms with Crippen LogP contribution >= 0.6 is 0 Å². The summed E-state index contributed by atoms with van der Waals surface area (Å²) in [6.07, 6.45) is -3.60. The summed E-state index contributed by atoms with van der Waals surface area (Å²) in [5.74, 6) is 0.184. The van der Waals surface area contributed by atoms with Gasteiger partial charge in [0.05, 0.1) is 0 Å². The van der Waals surface area contributed by atoms with Crippen LogP contribution < -0.4 is 14.8 Å². The molecule has 2 aromatic rings. The van der Waals surface area contributed by atoms with Gasteiger partial charge < -0.3 is 19.9 Å². The lowest BCUT2D eigenvalue weighted by Crippen LogP contribution is -2.25. The summed E-state index contributed by atoms with van der Waals surface area (Å²) < 4.78 is 34.4. The second kappa shape index (κ2) is 4.56. The molecule has 0 saturated carbocycles. The maximum absolute atomic E-state index is 12.9. The number of nitrogens with one attached hydrogen (secondary N) is 1. The highest BCUT2D eigenvalue weighted by Crippen LogP contribution is 2.42. The van der Waals surface area contributed by atoms with E-state index in [4.69, 9.17) is 0 Å². The second-order valence-electron chi connectivity index (χ2n) is 4.35. The third kappa shape index (κ3) is 2.59. The number of phenols is 1. The Bertz CT molecular complexity index is 646. The van der Waals surface area contributed by atoms with Gasteiger partial charge in [0, 0.05) is 18.3 Å². The fourth-order valence-corrected chi connectivity index (χ4v) is 1.93. The summed E-state index contributed by atoms with van der Waals surface area (Å²) in [4.78, 5) is 0. The van der Waals surface area contributed by atoms with Crippen LogP contribution in [0.15, 0.2) is 42.5 Å². The smallest absolute Gasteiger partial charge is 0.508 e. The number of anilines is 1. The summed E-state index contributed by atoms with van der Waals surface area (Å²) in [6, 6.07) is 11.2. The van der Waals surface area contributed by atoms with Crippen molar-refractivity contribution in [3.63, 3.8) is 0 Å². The molecular weight excluding hydrogens is 268 g/mol. The highest BCUT2D eigenvalue weighted by Gasteiger charge is 2.43. The van der Waals surface area contributed by atoms with Gasteiger partial charge in [-0.1, -0.05) is 12.1 Å². The van der Waals surface area contributed by atoms with Crippen LogP contribution in [0, 0.1) is 0 Å². The zero-order valence-electron chi connectivity index (χ0n) is 10.3. The zero-order valence-corrected chi connectivity index (χ0v) is 10.3. The largest absolute Gasteiger partial charge is 0.586 e. The van der Waals surface area contributed by atoms with Crippen molar-refractivity contribution in [3.05, 3.63) is 48.0 Å². The minimum Gasteiger partial charge on any atom is -0.508 e. The molecule has 0 bridgehead atoms. The van der Waals surface area contributed by atoms with E-state index in [1.807, 2.05) is 6.07 Å². The predicted molar refractivity (Wildman–Crippen MR) is 68.1 cm³/mol. The van der Waals surface area contributed by atoms with Crippen LogP contribution in [0.4, 0.5) is 14.5 Å². The van der Waals surface area contributed by atoms with Gasteiger partial charge in [-0.2, -0.15) is 0 Å². The van der Waals surface area contributed by atoms with Crippen molar-refractivity contribution in [1.82, 2.24) is 0 Å². The average Bonchev–Trinajstić information content (AvgIpc) is 2.69. The van der Waals surface area contributed by atoms with E-state index >= 15 is 0 Å². The number of alkyl halides is 2. The Balaban J connectivity index is 1.71. The van der Waals surface area contributed by atoms with Gasteiger partial charge in [0.15, 0.2) is 11.5 Å². The van der Waals surface area contributed by atoms with Gasteiger partial charge >= 0.3 is 6.29 Å². The van der Waals surface area contributed by atoms with Crippen molar-refractivity contribution in [3.8, 4) is 17.2 Å². The van der Waals surface area contributed by atoms with Crippen LogP contribution in [0.25, 0.3) is 0 Å². The van der Waals surface area contributed by atoms with Crippen LogP contribution in [-0.2, 0) is 6.54 Å². The third-order valence-corrected chi connectivity index (χ3v) is 2.81. The monoisotopic (exact) mass is 279 g/mol. The van der Waals surface area contributed by atoms with Crippen molar-refractivity contribution >= 4 is 5.69 Å². The molecule has 20 heavy (non-hydrogen) atoms. The molecule has 0 spiro atoms. The van der Waals surface area contributed by atoms with Gasteiger partial charge in [0.1, 0.15) is 5.75 Å². The second-order valence-corrected chi connectivity index (χ2v) is 4.35. The highest BCUT2D eigenvalue weighted by molar-refractivity contribution is 5.56. The average molecular weight is 279 g/mol. The maximum Gasteiger partial charge on any atom is 0.586 e. The van der Waals surface area contributed by atoms with Crippen LogP contribution in [0.3, 0.4) is 0 Å². The van der Waals surface area contributed by atoms with Gasteiger partial charge in [-0.15, -0.1) is 8.78 Å². The molecule has 1 aliphatic heterocycles. The lowest BCUT2D eigenvalue weighted by molar-refractivity contribution is -0.286. The van der Waals surface area contributed by atoms with Crippen LogP contribution in [0.1, 0.15) is 5.56 Å². The first kappa shape index (κ1) is 12.5. The Morgan fingerprint density at radius 3 is 2.65 bits per heavy atom. The molecule has 6 heteroatoms. The molecule has 0 unspecified atom stereocenters. The zero-order chi connectivity index (χ0) is 14.2. The minimum absolute atomic E-state index is 0.00379. The van der Waals surface area contributed by atoms with E-state index in [1.54, 1.807) is 24.3 Å². The molecule has 0 saturated heterocycles. The number of aromatic hydroxyl groups is 1. The summed E-state index contributed by atoms with van der Waals surface area (Å²) in [5, 5.41) is 12.4. The van der Waals surface area contributed by atoms with Crippen molar-refractivity contribution < 1.29 is 23.4 Å². The van der Waals surface area contributed by atoms with Gasteiger partial charge in [-0.3, -0.25) is 0 Å². The van der Waals surface area contributed by atoms with E-state index in [2.05, 4.69) is 14.8 Å². The Morgan fingerprint density at radius 2 is 1.85 bits per heavy atom. The van der Waals surface area contributed by atoms with Crippen molar-refractivity contribution in [2.45, 2.75) is 12.8 Å². The van der Waals surface area contributed by atoms with Gasteiger partial charge in [0.2, 0.25) is 0 Å². The molecule has 0 fully saturated rings. The first-order valence-electron chi connectivity index (χ1n) is 5.93. The lowest BCUT2D eigenvalue weighted by Gasteiger charge is -2.07. The molecule has 0 radical (unpaired) electrons. The number of benzene rings is 2. The molecule has 0 amide bonds. The molecule has 1 aliphatic rings. The summed E-state index contributed by atoms with van der Waals surface area (Å²) in [5.41, 5.74) is 1.49. The van der Waals surface area contributed by atoms with E-state index < -0.39 is 6.29 Å². The van der Waals surface area contributed by atoms with E-state index in [0.29, 0.717) is 12.2 Å². The molecule has 4 nitrogen and oxygen atoms in total. The number of halogens is 2. The minimum atomic E-state index is -3.60. The Labute approximate surface area is 113 Å². The number of fused-ring (bicyclic) bond motifs is 1. The Hall–Kier alpha value is -2.50. The quantitative estimate of drug-likeness (QED) is 0.905. The normalized spacial score (nSPS) is 15.1. The highest BCUT2D eigenvalue weighted by atomic mass is 19.3. The van der Waals surface area contributed by atoms with Crippen LogP contribution in [0.2, 0.25) is 0 Å². The topological polar surface area (TPSA) is 50.7 Å². The van der Waals surface area contributed by atoms with E-state index in [9.17, 15) is 13.9 Å². The van der Waals surface area contributed by atoms with E-state index in [-0.39, 0.29) is 17.2 Å². The molecule has 0 aliphatic carbocycles. The van der Waals surface area contributed by atoms with Crippen molar-refractivity contribution in [2.75, 3.05) is 5.32 Å². The van der Waals surface area contributed by atoms with Crippen LogP contribution in [-0.4, -0.2) is 11.4 Å². The molecule has 3 rings (SSSR count). The predicted octanol–water partition coefficient (Wildman–Crippen LogP) is 3.33. The Kier molecular flexibility index (Phi) is 2.85. The molecular formula is C14H11F2NO3. The summed E-state index contributed by atoms with van der Waals surface area (Å²) in [7, 11) is 0. The van der Waals surface area contributed by atoms with Gasteiger partial charge in [-0.25, -0.2) is 0 Å². The number of ether oxygens (including phenoxy) is 2. The molecule has 0 atom stereocenters. The lowest BCUT2D eigenvalue weighted by atomic mass is 10.2. The standard InChI is InChI=1S/C14H11F2NO3/c15-14(16)19-12-5-4-10(7-13(12)20-14)17-8-9-2-1-3-11(18)6-9/h1-7,17-18H,8H2. The summed E-state index contributed by atoms with van der Waals surface area (Å²) >= 11 is 0. The number of hydrogen-bond donors (Lipinski definition) is 2. The fraction of sp³-hybridized carbons (Fsp3) is 0.143. The Morgan fingerprint density at radius 1 is 1.05 bits per heavy atom. The van der Waals surface area contributed by atoms with E-state index in [1.165, 1.54) is 12.1 Å². The first-order valence-corrected chi connectivity index (χ1v) is 5.93. The molecule has 2 aromatic carbocycles. The van der Waals surface area contributed by atoms with Crippen molar-refractivity contribution in [1.29, 1.82) is 0 Å². The van der Waals surface area contributed by atoms with Gasteiger partial charge in [-0.05, 0) is 29.8 Å². The van der Waals surface area contributed by atoms with Crippen LogP contribution in [0.5, 0.6) is 17.2 Å². The van der Waals surface area contributed by atoms with Gasteiger partial charge in [0.25, 0.3) is 0 Å². The van der Waals surface area contributed by atoms with Crippen molar-refractivity contribution in [2.24, 2.45) is 0 Å². The van der Waals surface area contributed by atoms with E-state index in [0.717, 1.165) is 5.56 Å². The number of rotatable bonds is 3. The maximum atomic E-state index is 12.9. The number of phenolic OH excluding ortho intramolecular Hbond substituents is 1. The SMILES string of the molecule is Oc1cccc(CNc2ccc3c(c2)OC(F)(F)O3)c1. The molecule has 2 N–H and O–H groups in total. The third-order valence-electron chi connectivity index (χ3n) is 2.81. The first-order chi connectivity index (χ1) is 9.52. The fourth-order valence-electron chi connectivity index (χ4n) is 1.93. The molecule has 104 valence electrons. The number of hydrogen-bond acceptors (Lipinski definition) is 4. The molecule has 0 aromatic heterocycles.